The van der Waals surface area contributed by atoms with Crippen LogP contribution in [0.5, 0.6) is 5.75 Å². The Morgan fingerprint density at radius 2 is 1.78 bits per heavy atom. The molecular formula is C22H27N3O6S. The third-order valence-corrected chi connectivity index (χ3v) is 6.69. The molecule has 2 N–H and O–H groups in total. The van der Waals surface area contributed by atoms with Crippen molar-refractivity contribution in [2.75, 3.05) is 44.8 Å². The van der Waals surface area contributed by atoms with Gasteiger partial charge in [-0.25, -0.2) is 8.42 Å². The molecule has 10 heteroatoms. The molecule has 32 heavy (non-hydrogen) atoms. The van der Waals surface area contributed by atoms with Crippen LogP contribution in [0.15, 0.2) is 53.4 Å². The Bertz CT molecular complexity index is 1040. The fourth-order valence-electron chi connectivity index (χ4n) is 3.22. The number of hydrogen-bond acceptors (Lipinski definition) is 6. The largest absolute Gasteiger partial charge is 0.492 e. The van der Waals surface area contributed by atoms with Gasteiger partial charge >= 0.3 is 0 Å². The average Bonchev–Trinajstić information content (AvgIpc) is 2.80. The van der Waals surface area contributed by atoms with Gasteiger partial charge in [0, 0.05) is 18.8 Å². The highest BCUT2D eigenvalue weighted by Crippen LogP contribution is 2.30. The number of carbonyl (C=O) groups excluding carboxylic acids is 2. The third-order valence-electron chi connectivity index (χ3n) is 4.77. The van der Waals surface area contributed by atoms with Crippen LogP contribution in [0.25, 0.3) is 0 Å². The first-order chi connectivity index (χ1) is 15.4. The molecular weight excluding hydrogens is 434 g/mol. The summed E-state index contributed by atoms with van der Waals surface area (Å²) in [7, 11) is -3.83. The number of morpholine rings is 1. The van der Waals surface area contributed by atoms with Gasteiger partial charge in [0.25, 0.3) is 0 Å². The van der Waals surface area contributed by atoms with E-state index in [1.807, 2.05) is 30.3 Å². The SMILES string of the molecule is CCOc1ccc(NC(=O)CNC(=O)Cc2ccccc2)cc1S(=O)(=O)N1CCOCC1. The Morgan fingerprint density at radius 1 is 1.06 bits per heavy atom. The molecule has 1 heterocycles. The second-order valence-corrected chi connectivity index (χ2v) is 9.00. The van der Waals surface area contributed by atoms with E-state index in [1.54, 1.807) is 13.0 Å². The summed E-state index contributed by atoms with van der Waals surface area (Å²) in [5, 5.41) is 5.19. The number of carbonyl (C=O) groups is 2. The minimum Gasteiger partial charge on any atom is -0.492 e. The van der Waals surface area contributed by atoms with E-state index in [-0.39, 0.29) is 42.6 Å². The standard InChI is InChI=1S/C22H27N3O6S/c1-2-31-19-9-8-18(15-20(19)32(28,29)25-10-12-30-13-11-25)24-22(27)16-23-21(26)14-17-6-4-3-5-7-17/h3-9,15H,2,10-14,16H2,1H3,(H,23,26)(H,24,27). The highest BCUT2D eigenvalue weighted by molar-refractivity contribution is 7.89. The first kappa shape index (κ1) is 23.7. The van der Waals surface area contributed by atoms with E-state index in [0.717, 1.165) is 5.56 Å². The molecule has 0 unspecified atom stereocenters. The molecule has 9 nitrogen and oxygen atoms in total. The first-order valence-electron chi connectivity index (χ1n) is 10.4. The summed E-state index contributed by atoms with van der Waals surface area (Å²) in [6, 6.07) is 13.6. The van der Waals surface area contributed by atoms with E-state index in [9.17, 15) is 18.0 Å². The van der Waals surface area contributed by atoms with Gasteiger partial charge in [-0.2, -0.15) is 4.31 Å². The molecule has 0 bridgehead atoms. The van der Waals surface area contributed by atoms with E-state index in [1.165, 1.54) is 16.4 Å². The molecule has 0 aromatic heterocycles. The molecule has 2 aromatic carbocycles. The van der Waals surface area contributed by atoms with Crippen molar-refractivity contribution in [2.24, 2.45) is 0 Å². The minimum absolute atomic E-state index is 0.0211. The lowest BCUT2D eigenvalue weighted by Crippen LogP contribution is -2.40. The summed E-state index contributed by atoms with van der Waals surface area (Å²) in [4.78, 5) is 24.3. The molecule has 0 aliphatic carbocycles. The van der Waals surface area contributed by atoms with Gasteiger partial charge in [-0.1, -0.05) is 30.3 Å². The van der Waals surface area contributed by atoms with Gasteiger partial charge in [0.15, 0.2) is 0 Å². The summed E-state index contributed by atoms with van der Waals surface area (Å²) < 4.78 is 38.3. The molecule has 1 saturated heterocycles. The Balaban J connectivity index is 1.66. The monoisotopic (exact) mass is 461 g/mol. The van der Waals surface area contributed by atoms with Crippen LogP contribution in [0.1, 0.15) is 12.5 Å². The number of anilines is 1. The smallest absolute Gasteiger partial charge is 0.246 e. The van der Waals surface area contributed by atoms with Crippen molar-refractivity contribution in [3.05, 3.63) is 54.1 Å². The predicted molar refractivity (Wildman–Crippen MR) is 119 cm³/mol. The zero-order valence-corrected chi connectivity index (χ0v) is 18.7. The highest BCUT2D eigenvalue weighted by Gasteiger charge is 2.29. The fourth-order valence-corrected chi connectivity index (χ4v) is 4.78. The van der Waals surface area contributed by atoms with Crippen molar-refractivity contribution in [2.45, 2.75) is 18.2 Å². The summed E-state index contributed by atoms with van der Waals surface area (Å²) in [6.45, 7) is 2.97. The lowest BCUT2D eigenvalue weighted by atomic mass is 10.1. The number of amides is 2. The number of hydrogen-bond donors (Lipinski definition) is 2. The summed E-state index contributed by atoms with van der Waals surface area (Å²) >= 11 is 0. The lowest BCUT2D eigenvalue weighted by Gasteiger charge is -2.27. The summed E-state index contributed by atoms with van der Waals surface area (Å²) in [5.74, 6) is -0.535. The van der Waals surface area contributed by atoms with Gasteiger partial charge < -0.3 is 20.1 Å². The topological polar surface area (TPSA) is 114 Å². The number of nitrogens with zero attached hydrogens (tertiary/aromatic N) is 1. The van der Waals surface area contributed by atoms with Gasteiger partial charge in [-0.05, 0) is 30.7 Å². The van der Waals surface area contributed by atoms with Gasteiger partial charge in [0.05, 0.1) is 32.8 Å². The molecule has 2 aromatic rings. The van der Waals surface area contributed by atoms with E-state index in [4.69, 9.17) is 9.47 Å². The van der Waals surface area contributed by atoms with Gasteiger partial charge in [0.2, 0.25) is 21.8 Å². The number of nitrogens with one attached hydrogen (secondary N) is 2. The first-order valence-corrected chi connectivity index (χ1v) is 11.8. The molecule has 1 aliphatic heterocycles. The number of benzene rings is 2. The molecule has 2 amide bonds. The predicted octanol–water partition coefficient (Wildman–Crippen LogP) is 1.40. The van der Waals surface area contributed by atoms with Crippen LogP contribution in [0.2, 0.25) is 0 Å². The Morgan fingerprint density at radius 3 is 2.47 bits per heavy atom. The van der Waals surface area contributed by atoms with Crippen LogP contribution in [-0.4, -0.2) is 64.0 Å². The molecule has 1 fully saturated rings. The molecule has 0 atom stereocenters. The summed E-state index contributed by atoms with van der Waals surface area (Å²) in [5.41, 5.74) is 1.14. The second-order valence-electron chi connectivity index (χ2n) is 7.10. The zero-order valence-electron chi connectivity index (χ0n) is 17.9. The van der Waals surface area contributed by atoms with Crippen molar-refractivity contribution in [1.82, 2.24) is 9.62 Å². The van der Waals surface area contributed by atoms with E-state index < -0.39 is 15.9 Å². The lowest BCUT2D eigenvalue weighted by molar-refractivity contribution is -0.123. The molecule has 1 aliphatic rings. The molecule has 3 rings (SSSR count). The molecule has 0 radical (unpaired) electrons. The highest BCUT2D eigenvalue weighted by atomic mass is 32.2. The Labute approximate surface area is 187 Å². The normalized spacial score (nSPS) is 14.5. The summed E-state index contributed by atoms with van der Waals surface area (Å²) in [6.07, 6.45) is 0.166. The van der Waals surface area contributed by atoms with E-state index in [0.29, 0.717) is 25.5 Å². The second kappa shape index (κ2) is 11.1. The van der Waals surface area contributed by atoms with Crippen molar-refractivity contribution in [1.29, 1.82) is 0 Å². The van der Waals surface area contributed by atoms with Crippen LogP contribution in [-0.2, 0) is 30.8 Å². The quantitative estimate of drug-likeness (QED) is 0.584. The van der Waals surface area contributed by atoms with Crippen molar-refractivity contribution in [3.8, 4) is 5.75 Å². The third kappa shape index (κ3) is 6.28. The zero-order chi connectivity index (χ0) is 23.0. The van der Waals surface area contributed by atoms with E-state index >= 15 is 0 Å². The van der Waals surface area contributed by atoms with E-state index in [2.05, 4.69) is 10.6 Å². The Kier molecular flexibility index (Phi) is 8.20. The van der Waals surface area contributed by atoms with Crippen LogP contribution >= 0.6 is 0 Å². The average molecular weight is 462 g/mol. The van der Waals surface area contributed by atoms with Crippen molar-refractivity contribution < 1.29 is 27.5 Å². The molecule has 0 spiro atoms. The Hall–Kier alpha value is -2.95. The van der Waals surface area contributed by atoms with Gasteiger partial charge in [0.1, 0.15) is 10.6 Å². The number of sulfonamides is 1. The van der Waals surface area contributed by atoms with Crippen molar-refractivity contribution in [3.63, 3.8) is 0 Å². The maximum atomic E-state index is 13.1. The maximum absolute atomic E-state index is 13.1. The van der Waals surface area contributed by atoms with Crippen LogP contribution < -0.4 is 15.4 Å². The maximum Gasteiger partial charge on any atom is 0.246 e. The number of ether oxygens (including phenoxy) is 2. The van der Waals surface area contributed by atoms with Gasteiger partial charge in [-0.3, -0.25) is 9.59 Å². The fraction of sp³-hybridized carbons (Fsp3) is 0.364. The van der Waals surface area contributed by atoms with Crippen LogP contribution in [0.3, 0.4) is 0 Å². The molecule has 0 saturated carbocycles. The van der Waals surface area contributed by atoms with Crippen LogP contribution in [0.4, 0.5) is 5.69 Å². The van der Waals surface area contributed by atoms with Gasteiger partial charge in [-0.15, -0.1) is 0 Å². The minimum atomic E-state index is -3.83. The molecule has 172 valence electrons. The van der Waals surface area contributed by atoms with Crippen LogP contribution in [0, 0.1) is 0 Å². The van der Waals surface area contributed by atoms with Crippen molar-refractivity contribution >= 4 is 27.5 Å². The number of rotatable bonds is 9.